The second-order valence-corrected chi connectivity index (χ2v) is 16.0. The summed E-state index contributed by atoms with van der Waals surface area (Å²) in [5, 5.41) is 0. The maximum absolute atomic E-state index is 14.5. The maximum Gasteiger partial charge on any atom is 0.410 e. The van der Waals surface area contributed by atoms with Gasteiger partial charge in [0.15, 0.2) is 5.89 Å². The predicted octanol–water partition coefficient (Wildman–Crippen LogP) is 8.45. The molecular weight excluding hydrogens is 630 g/mol. The molecule has 0 spiro atoms. The molecule has 10 heteroatoms. The van der Waals surface area contributed by atoms with Crippen molar-refractivity contribution < 1.29 is 23.5 Å². The Morgan fingerprint density at radius 1 is 0.980 bits per heavy atom. The molecule has 4 fully saturated rings. The number of hydrogen-bond donors (Lipinski definition) is 0. The zero-order valence-corrected chi connectivity index (χ0v) is 30.2. The molecule has 0 radical (unpaired) electrons. The summed E-state index contributed by atoms with van der Waals surface area (Å²) in [6.45, 7) is 8.53. The fourth-order valence-corrected chi connectivity index (χ4v) is 8.31. The van der Waals surface area contributed by atoms with Gasteiger partial charge in [-0.2, -0.15) is 0 Å². The molecule has 0 aromatic carbocycles. The minimum atomic E-state index is -0.205. The van der Waals surface area contributed by atoms with Crippen LogP contribution in [0.2, 0.25) is 0 Å². The van der Waals surface area contributed by atoms with E-state index in [1.165, 1.54) is 0 Å². The van der Waals surface area contributed by atoms with Gasteiger partial charge in [0.25, 0.3) is 0 Å². The Morgan fingerprint density at radius 2 is 1.74 bits per heavy atom. The van der Waals surface area contributed by atoms with Crippen molar-refractivity contribution in [2.45, 2.75) is 116 Å². The lowest BCUT2D eigenvalue weighted by Gasteiger charge is -2.39. The maximum atomic E-state index is 14.5. The van der Waals surface area contributed by atoms with Crippen molar-refractivity contribution in [2.75, 3.05) is 31.6 Å². The van der Waals surface area contributed by atoms with E-state index < -0.39 is 0 Å². The highest BCUT2D eigenvalue weighted by Gasteiger charge is 2.36. The van der Waals surface area contributed by atoms with Gasteiger partial charge in [-0.25, -0.2) is 14.8 Å². The zero-order chi connectivity index (χ0) is 34.8. The largest absolute Gasteiger partial charge is 0.495 e. The molecule has 10 nitrogen and oxygen atoms in total. The Bertz CT molecular complexity index is 1650. The number of likely N-dealkylation sites (tertiary alicyclic amines) is 1. The fourth-order valence-electron chi connectivity index (χ4n) is 8.31. The van der Waals surface area contributed by atoms with Crippen molar-refractivity contribution in [1.29, 1.82) is 0 Å². The molecule has 268 valence electrons. The van der Waals surface area contributed by atoms with Gasteiger partial charge in [0.2, 0.25) is 5.91 Å². The van der Waals surface area contributed by atoms with E-state index in [-0.39, 0.29) is 29.4 Å². The number of aromatic nitrogens is 3. The molecule has 50 heavy (non-hydrogen) atoms. The van der Waals surface area contributed by atoms with Gasteiger partial charge in [-0.15, -0.1) is 0 Å². The quantitative estimate of drug-likeness (QED) is 0.221. The fraction of sp³-hybridized carbons (Fsp3) is 0.625. The number of ether oxygens (including phenoxy) is 2. The summed E-state index contributed by atoms with van der Waals surface area (Å²) in [5.41, 5.74) is 3.86. The van der Waals surface area contributed by atoms with E-state index in [1.807, 2.05) is 34.9 Å². The second-order valence-electron chi connectivity index (χ2n) is 16.0. The van der Waals surface area contributed by atoms with E-state index >= 15 is 0 Å². The highest BCUT2D eigenvalue weighted by atomic mass is 16.6. The van der Waals surface area contributed by atoms with Crippen LogP contribution in [0, 0.1) is 24.2 Å². The summed E-state index contributed by atoms with van der Waals surface area (Å²) < 4.78 is 17.2. The van der Waals surface area contributed by atoms with Crippen molar-refractivity contribution in [3.63, 3.8) is 0 Å². The molecule has 4 heterocycles. The molecule has 7 rings (SSSR count). The molecule has 1 aliphatic heterocycles. The van der Waals surface area contributed by atoms with Gasteiger partial charge in [0.1, 0.15) is 29.6 Å². The first-order chi connectivity index (χ1) is 24.2. The highest BCUT2D eigenvalue weighted by Crippen LogP contribution is 2.41. The standard InChI is InChI=1S/C40H53N5O5/c1-26-35(48-4)17-16-33(42-26)28-8-6-27(7-9-28)23-45(36-22-31(18-20-41-36)34-24-49-37(43-34)29-10-11-29)38(46)30-12-14-32(15-13-30)50-39(47)44-21-5-19-40(2,3)25-44/h16-18,20,22,24,27-30,32H,5-15,19,21,23,25H2,1-4H3. The minimum absolute atomic E-state index is 0.116. The number of amides is 2. The smallest absolute Gasteiger partial charge is 0.410 e. The third-order valence-corrected chi connectivity index (χ3v) is 11.5. The van der Waals surface area contributed by atoms with Gasteiger partial charge in [0, 0.05) is 54.8 Å². The first kappa shape index (κ1) is 34.5. The van der Waals surface area contributed by atoms with Crippen LogP contribution in [0.3, 0.4) is 0 Å². The van der Waals surface area contributed by atoms with Crippen LogP contribution in [0.4, 0.5) is 10.6 Å². The number of carbonyl (C=O) groups excluding carboxylic acids is 2. The minimum Gasteiger partial charge on any atom is -0.495 e. The van der Waals surface area contributed by atoms with Crippen molar-refractivity contribution in [3.8, 4) is 17.0 Å². The number of rotatable bonds is 9. The van der Waals surface area contributed by atoms with Crippen LogP contribution in [0.1, 0.15) is 120 Å². The van der Waals surface area contributed by atoms with Gasteiger partial charge in [-0.05, 0) is 120 Å². The van der Waals surface area contributed by atoms with Crippen molar-refractivity contribution in [1.82, 2.24) is 19.9 Å². The number of nitrogens with zero attached hydrogens (tertiary/aromatic N) is 5. The van der Waals surface area contributed by atoms with Crippen LogP contribution < -0.4 is 9.64 Å². The van der Waals surface area contributed by atoms with Crippen molar-refractivity contribution in [3.05, 3.63) is 54.0 Å². The van der Waals surface area contributed by atoms with Crippen LogP contribution in [-0.4, -0.2) is 64.7 Å². The summed E-state index contributed by atoms with van der Waals surface area (Å²) in [5.74, 6) is 3.45. The molecule has 0 N–H and O–H groups in total. The van der Waals surface area contributed by atoms with E-state index in [2.05, 4.69) is 19.9 Å². The van der Waals surface area contributed by atoms with Crippen molar-refractivity contribution >= 4 is 17.8 Å². The average Bonchev–Trinajstić information content (AvgIpc) is 3.86. The average molecular weight is 684 g/mol. The topological polar surface area (TPSA) is 111 Å². The Balaban J connectivity index is 1.03. The third-order valence-electron chi connectivity index (χ3n) is 11.5. The Labute approximate surface area is 296 Å². The van der Waals surface area contributed by atoms with E-state index in [0.29, 0.717) is 55.8 Å². The highest BCUT2D eigenvalue weighted by molar-refractivity contribution is 5.94. The number of methoxy groups -OCH3 is 1. The lowest BCUT2D eigenvalue weighted by atomic mass is 9.79. The van der Waals surface area contributed by atoms with Crippen LogP contribution in [0.15, 0.2) is 41.1 Å². The number of carbonyl (C=O) groups is 2. The molecule has 4 aliphatic rings. The predicted molar refractivity (Wildman–Crippen MR) is 191 cm³/mol. The lowest BCUT2D eigenvalue weighted by molar-refractivity contribution is -0.124. The number of hydrogen-bond acceptors (Lipinski definition) is 8. The molecule has 0 bridgehead atoms. The van der Waals surface area contributed by atoms with Gasteiger partial charge >= 0.3 is 6.09 Å². The van der Waals surface area contributed by atoms with Gasteiger partial charge in [-0.3, -0.25) is 14.7 Å². The van der Waals surface area contributed by atoms with Crippen LogP contribution in [-0.2, 0) is 9.53 Å². The summed E-state index contributed by atoms with van der Waals surface area (Å²) in [6, 6.07) is 8.06. The molecule has 0 atom stereocenters. The Hall–Kier alpha value is -3.95. The molecule has 3 aliphatic carbocycles. The molecule has 1 saturated heterocycles. The van der Waals surface area contributed by atoms with Gasteiger partial charge < -0.3 is 18.8 Å². The lowest BCUT2D eigenvalue weighted by Crippen LogP contribution is -2.45. The van der Waals surface area contributed by atoms with E-state index in [0.717, 1.165) is 98.7 Å². The monoisotopic (exact) mass is 683 g/mol. The van der Waals surface area contributed by atoms with Crippen molar-refractivity contribution in [2.24, 2.45) is 17.3 Å². The number of piperidine rings is 1. The normalized spacial score (nSPS) is 25.2. The van der Waals surface area contributed by atoms with Crippen LogP contribution in [0.5, 0.6) is 5.75 Å². The van der Waals surface area contributed by atoms with E-state index in [9.17, 15) is 9.59 Å². The summed E-state index contributed by atoms with van der Waals surface area (Å²) in [7, 11) is 1.68. The Kier molecular flexibility index (Phi) is 10.2. The zero-order valence-electron chi connectivity index (χ0n) is 30.2. The molecule has 2 amide bonds. The summed E-state index contributed by atoms with van der Waals surface area (Å²) in [4.78, 5) is 45.7. The summed E-state index contributed by atoms with van der Waals surface area (Å²) >= 11 is 0. The molecule has 0 unspecified atom stereocenters. The SMILES string of the molecule is COc1ccc(C2CCC(CN(C(=O)C3CCC(OC(=O)N4CCCC(C)(C)C4)CC3)c3cc(-c4coc(C5CC5)n4)ccn3)CC2)nc1C. The number of aryl methyl sites for hydroxylation is 1. The number of pyridine rings is 2. The first-order valence-electron chi connectivity index (χ1n) is 18.9. The van der Waals surface area contributed by atoms with E-state index in [4.69, 9.17) is 28.8 Å². The summed E-state index contributed by atoms with van der Waals surface area (Å²) in [6.07, 6.45) is 14.4. The number of anilines is 1. The molecule has 3 aromatic heterocycles. The van der Waals surface area contributed by atoms with Crippen LogP contribution >= 0.6 is 0 Å². The Morgan fingerprint density at radius 3 is 2.44 bits per heavy atom. The van der Waals surface area contributed by atoms with Crippen LogP contribution in [0.25, 0.3) is 11.3 Å². The molecule has 3 aromatic rings. The van der Waals surface area contributed by atoms with Gasteiger partial charge in [0.05, 0.1) is 12.8 Å². The molecular formula is C40H53N5O5. The third kappa shape index (κ3) is 8.00. The first-order valence-corrected chi connectivity index (χ1v) is 18.9. The van der Waals surface area contributed by atoms with Gasteiger partial charge in [-0.1, -0.05) is 13.8 Å². The van der Waals surface area contributed by atoms with E-state index in [1.54, 1.807) is 19.6 Å². The number of oxazole rings is 1. The second kappa shape index (κ2) is 14.7. The molecule has 3 saturated carbocycles.